The lowest BCUT2D eigenvalue weighted by atomic mass is 10.2. The molecule has 0 unspecified atom stereocenters. The van der Waals surface area contributed by atoms with Gasteiger partial charge in [-0.3, -0.25) is 0 Å². The van der Waals surface area contributed by atoms with Crippen LogP contribution in [0, 0.1) is 3.57 Å². The van der Waals surface area contributed by atoms with Crippen LogP contribution in [0.1, 0.15) is 25.7 Å². The predicted octanol–water partition coefficient (Wildman–Crippen LogP) is 2.77. The largest absolute Gasteiger partial charge is 0.246 e. The maximum Gasteiger partial charge on any atom is 0.181 e. The number of halogens is 1. The van der Waals surface area contributed by atoms with E-state index < -0.39 is 0 Å². The number of benzene rings is 1. The van der Waals surface area contributed by atoms with Crippen molar-refractivity contribution in [2.45, 2.75) is 26.4 Å². The zero-order valence-corrected chi connectivity index (χ0v) is 14.0. The molecule has 1 aromatic carbocycles. The van der Waals surface area contributed by atoms with Gasteiger partial charge in [0.25, 0.3) is 0 Å². The Bertz CT molecular complexity index is 728. The molecule has 0 spiro atoms. The van der Waals surface area contributed by atoms with Gasteiger partial charge in [-0.05, 0) is 48.6 Å². The molecule has 6 nitrogen and oxygen atoms in total. The van der Waals surface area contributed by atoms with E-state index in [2.05, 4.69) is 56.6 Å². The number of aromatic nitrogens is 6. The second-order valence-electron chi connectivity index (χ2n) is 4.99. The Morgan fingerprint density at radius 2 is 1.90 bits per heavy atom. The molecule has 21 heavy (non-hydrogen) atoms. The molecule has 0 aliphatic carbocycles. The van der Waals surface area contributed by atoms with E-state index >= 15 is 0 Å². The van der Waals surface area contributed by atoms with Crippen molar-refractivity contribution in [3.63, 3.8) is 0 Å². The van der Waals surface area contributed by atoms with Gasteiger partial charge in [-0.25, -0.2) is 19.3 Å². The first-order valence-corrected chi connectivity index (χ1v) is 7.75. The Labute approximate surface area is 136 Å². The van der Waals surface area contributed by atoms with Crippen LogP contribution in [0.25, 0.3) is 11.4 Å². The predicted molar refractivity (Wildman–Crippen MR) is 87.7 cm³/mol. The Balaban J connectivity index is 1.82. The summed E-state index contributed by atoms with van der Waals surface area (Å²) in [6, 6.07) is 8.43. The molecule has 0 aliphatic rings. The molecule has 0 atom stereocenters. The van der Waals surface area contributed by atoms with E-state index in [9.17, 15) is 0 Å². The van der Waals surface area contributed by atoms with Gasteiger partial charge in [0.1, 0.15) is 25.0 Å². The maximum absolute atomic E-state index is 4.51. The summed E-state index contributed by atoms with van der Waals surface area (Å²) in [5.74, 6) is 1.60. The van der Waals surface area contributed by atoms with Crippen molar-refractivity contribution < 1.29 is 0 Å². The molecule has 0 amide bonds. The monoisotopic (exact) mass is 394 g/mol. The molecule has 108 valence electrons. The van der Waals surface area contributed by atoms with Crippen molar-refractivity contribution in [1.29, 1.82) is 0 Å². The van der Waals surface area contributed by atoms with E-state index in [1.807, 2.05) is 28.9 Å². The molecule has 3 rings (SSSR count). The summed E-state index contributed by atoms with van der Waals surface area (Å²) in [6.07, 6.45) is 3.30. The third-order valence-corrected chi connectivity index (χ3v) is 3.80. The zero-order chi connectivity index (χ0) is 14.8. The molecule has 3 aromatic rings. The van der Waals surface area contributed by atoms with E-state index in [0.717, 1.165) is 17.2 Å². The van der Waals surface area contributed by atoms with Crippen molar-refractivity contribution in [3.8, 4) is 11.4 Å². The Hall–Kier alpha value is -1.77. The normalized spacial score (nSPS) is 11.2. The Morgan fingerprint density at radius 3 is 2.62 bits per heavy atom. The van der Waals surface area contributed by atoms with Gasteiger partial charge in [0, 0.05) is 15.2 Å². The minimum atomic E-state index is 0.279. The fraction of sp³-hybridized carbons (Fsp3) is 0.286. The topological polar surface area (TPSA) is 61.4 Å². The number of hydrogen-bond acceptors (Lipinski definition) is 4. The Kier molecular flexibility index (Phi) is 4.00. The summed E-state index contributed by atoms with van der Waals surface area (Å²) in [4.78, 5) is 8.65. The lowest BCUT2D eigenvalue weighted by molar-refractivity contribution is 0.488. The second kappa shape index (κ2) is 5.92. The van der Waals surface area contributed by atoms with Crippen LogP contribution in [-0.2, 0) is 6.54 Å². The first kappa shape index (κ1) is 14.2. The molecule has 2 aromatic heterocycles. The van der Waals surface area contributed by atoms with Crippen LogP contribution in [0.3, 0.4) is 0 Å². The molecular formula is C14H15IN6. The first-order valence-electron chi connectivity index (χ1n) is 6.67. The quantitative estimate of drug-likeness (QED) is 0.639. The number of nitrogens with zero attached hydrogens (tertiary/aromatic N) is 6. The zero-order valence-electron chi connectivity index (χ0n) is 11.8. The lowest BCUT2D eigenvalue weighted by Gasteiger charge is -2.08. The van der Waals surface area contributed by atoms with Gasteiger partial charge < -0.3 is 0 Å². The first-order chi connectivity index (χ1) is 10.1. The Morgan fingerprint density at radius 1 is 1.14 bits per heavy atom. The third kappa shape index (κ3) is 3.12. The molecule has 7 heteroatoms. The highest BCUT2D eigenvalue weighted by atomic mass is 127. The van der Waals surface area contributed by atoms with E-state index in [-0.39, 0.29) is 6.04 Å². The fourth-order valence-corrected chi connectivity index (χ4v) is 2.43. The summed E-state index contributed by atoms with van der Waals surface area (Å²) in [7, 11) is 0. The summed E-state index contributed by atoms with van der Waals surface area (Å²) in [6.45, 7) is 4.72. The molecule has 2 heterocycles. The van der Waals surface area contributed by atoms with Crippen LogP contribution >= 0.6 is 22.6 Å². The average Bonchev–Trinajstić information content (AvgIpc) is 3.09. The highest BCUT2D eigenvalue weighted by Gasteiger charge is 2.10. The third-order valence-electron chi connectivity index (χ3n) is 3.08. The number of hydrogen-bond donors (Lipinski definition) is 0. The van der Waals surface area contributed by atoms with Crippen molar-refractivity contribution in [1.82, 2.24) is 29.5 Å². The molecule has 0 aliphatic heterocycles. The molecule has 0 saturated carbocycles. The van der Waals surface area contributed by atoms with Crippen LogP contribution in [-0.4, -0.2) is 29.5 Å². The summed E-state index contributed by atoms with van der Waals surface area (Å²) in [5.41, 5.74) is 1.01. The molecule has 0 saturated heterocycles. The van der Waals surface area contributed by atoms with E-state index in [0.29, 0.717) is 6.54 Å². The summed E-state index contributed by atoms with van der Waals surface area (Å²) in [5, 5.41) is 8.74. The second-order valence-corrected chi connectivity index (χ2v) is 6.23. The van der Waals surface area contributed by atoms with Crippen LogP contribution in [0.5, 0.6) is 0 Å². The minimum Gasteiger partial charge on any atom is -0.246 e. The SMILES string of the molecule is CC(C)n1ncnc1Cn1cnc(-c2ccc(I)cc2)n1. The van der Waals surface area contributed by atoms with E-state index in [1.165, 1.54) is 3.57 Å². The smallest absolute Gasteiger partial charge is 0.181 e. The van der Waals surface area contributed by atoms with Crippen LogP contribution in [0.2, 0.25) is 0 Å². The van der Waals surface area contributed by atoms with Crippen molar-refractivity contribution >= 4 is 22.6 Å². The van der Waals surface area contributed by atoms with Crippen LogP contribution in [0.15, 0.2) is 36.9 Å². The van der Waals surface area contributed by atoms with Gasteiger partial charge in [-0.15, -0.1) is 0 Å². The maximum atomic E-state index is 4.51. The average molecular weight is 394 g/mol. The summed E-state index contributed by atoms with van der Waals surface area (Å²) >= 11 is 2.28. The number of rotatable bonds is 4. The molecule has 0 fully saturated rings. The van der Waals surface area contributed by atoms with Gasteiger partial charge in [0.05, 0.1) is 0 Å². The van der Waals surface area contributed by atoms with Crippen molar-refractivity contribution in [2.24, 2.45) is 0 Å². The fourth-order valence-electron chi connectivity index (χ4n) is 2.07. The van der Waals surface area contributed by atoms with Gasteiger partial charge >= 0.3 is 0 Å². The summed E-state index contributed by atoms with van der Waals surface area (Å²) < 4.78 is 4.88. The van der Waals surface area contributed by atoms with Gasteiger partial charge in [0.2, 0.25) is 0 Å². The van der Waals surface area contributed by atoms with Crippen LogP contribution in [0.4, 0.5) is 0 Å². The molecular weight excluding hydrogens is 379 g/mol. The highest BCUT2D eigenvalue weighted by Crippen LogP contribution is 2.16. The van der Waals surface area contributed by atoms with Gasteiger partial charge in [0.15, 0.2) is 5.82 Å². The van der Waals surface area contributed by atoms with Crippen molar-refractivity contribution in [2.75, 3.05) is 0 Å². The molecule has 0 bridgehead atoms. The van der Waals surface area contributed by atoms with Gasteiger partial charge in [-0.1, -0.05) is 12.1 Å². The van der Waals surface area contributed by atoms with Crippen molar-refractivity contribution in [3.05, 3.63) is 46.3 Å². The van der Waals surface area contributed by atoms with Gasteiger partial charge in [-0.2, -0.15) is 10.2 Å². The molecule has 0 N–H and O–H groups in total. The van der Waals surface area contributed by atoms with Crippen LogP contribution < -0.4 is 0 Å². The molecule has 0 radical (unpaired) electrons. The lowest BCUT2D eigenvalue weighted by Crippen LogP contribution is -2.12. The van der Waals surface area contributed by atoms with E-state index in [1.54, 1.807) is 17.3 Å². The highest BCUT2D eigenvalue weighted by molar-refractivity contribution is 14.1. The standard InChI is InChI=1S/C14H15IN6/c1-10(2)21-13(16-8-18-21)7-20-9-17-14(19-20)11-3-5-12(15)6-4-11/h3-6,8-10H,7H2,1-2H3. The minimum absolute atomic E-state index is 0.279. The van der Waals surface area contributed by atoms with E-state index in [4.69, 9.17) is 0 Å².